The summed E-state index contributed by atoms with van der Waals surface area (Å²) < 4.78 is 6.90. The second-order valence-corrected chi connectivity index (χ2v) is 8.77. The number of para-hydroxylation sites is 2. The fraction of sp³-hybridized carbons (Fsp3) is 0.240. The Balaban J connectivity index is 1.32. The van der Waals surface area contributed by atoms with Crippen molar-refractivity contribution < 1.29 is 9.53 Å². The average molecular weight is 461 g/mol. The lowest BCUT2D eigenvalue weighted by Crippen LogP contribution is -2.50. The molecule has 0 atom stereocenters. The lowest BCUT2D eigenvalue weighted by atomic mass is 10.1. The minimum Gasteiger partial charge on any atom is -0.495 e. The van der Waals surface area contributed by atoms with Crippen LogP contribution in [-0.2, 0) is 11.3 Å². The number of hydrogen-bond donors (Lipinski definition) is 0. The van der Waals surface area contributed by atoms with E-state index in [1.807, 2.05) is 64.9 Å². The second-order valence-electron chi connectivity index (χ2n) is 7.91. The molecule has 5 rings (SSSR count). The van der Waals surface area contributed by atoms with Gasteiger partial charge in [0.25, 0.3) is 5.56 Å². The van der Waals surface area contributed by atoms with E-state index in [2.05, 4.69) is 9.88 Å². The van der Waals surface area contributed by atoms with Gasteiger partial charge in [0.1, 0.15) is 17.1 Å². The number of fused-ring (bicyclic) bond motifs is 1. The Hall–Kier alpha value is -3.65. The van der Waals surface area contributed by atoms with Crippen molar-refractivity contribution in [1.82, 2.24) is 14.5 Å². The van der Waals surface area contributed by atoms with E-state index in [4.69, 9.17) is 4.74 Å². The first-order valence-electron chi connectivity index (χ1n) is 10.8. The normalized spacial score (nSPS) is 14.0. The fourth-order valence-electron chi connectivity index (χ4n) is 4.24. The topological polar surface area (TPSA) is 67.7 Å². The van der Waals surface area contributed by atoms with E-state index in [-0.39, 0.29) is 18.0 Å². The second kappa shape index (κ2) is 9.07. The van der Waals surface area contributed by atoms with Crippen LogP contribution in [0.15, 0.2) is 71.1 Å². The zero-order valence-corrected chi connectivity index (χ0v) is 19.1. The van der Waals surface area contributed by atoms with Crippen molar-refractivity contribution in [2.45, 2.75) is 6.54 Å². The quantitative estimate of drug-likeness (QED) is 0.456. The Bertz CT molecular complexity index is 1340. The molecule has 1 aliphatic rings. The van der Waals surface area contributed by atoms with Gasteiger partial charge in [-0.3, -0.25) is 14.2 Å². The molecule has 0 bridgehead atoms. The molecule has 0 radical (unpaired) electrons. The van der Waals surface area contributed by atoms with Crippen molar-refractivity contribution >= 4 is 33.1 Å². The molecule has 0 spiro atoms. The zero-order valence-electron chi connectivity index (χ0n) is 18.3. The molecule has 3 heterocycles. The molecule has 2 aromatic carbocycles. The highest BCUT2D eigenvalue weighted by atomic mass is 32.1. The number of anilines is 1. The molecule has 1 fully saturated rings. The summed E-state index contributed by atoms with van der Waals surface area (Å²) in [6, 6.07) is 17.7. The molecule has 0 unspecified atom stereocenters. The molecule has 168 valence electrons. The van der Waals surface area contributed by atoms with Crippen molar-refractivity contribution in [3.63, 3.8) is 0 Å². The summed E-state index contributed by atoms with van der Waals surface area (Å²) in [6.45, 7) is 2.59. The van der Waals surface area contributed by atoms with Crippen LogP contribution in [0.3, 0.4) is 0 Å². The van der Waals surface area contributed by atoms with Gasteiger partial charge in [0.15, 0.2) is 0 Å². The number of thiophene rings is 1. The molecule has 0 saturated carbocycles. The first-order chi connectivity index (χ1) is 16.2. The van der Waals surface area contributed by atoms with E-state index in [1.165, 1.54) is 22.2 Å². The van der Waals surface area contributed by atoms with Crippen molar-refractivity contribution in [1.29, 1.82) is 0 Å². The van der Waals surface area contributed by atoms with Crippen molar-refractivity contribution in [2.24, 2.45) is 0 Å². The summed E-state index contributed by atoms with van der Waals surface area (Å²) in [7, 11) is 1.66. The molecule has 1 amide bonds. The molecule has 1 aliphatic heterocycles. The van der Waals surface area contributed by atoms with E-state index in [0.717, 1.165) is 22.6 Å². The molecule has 33 heavy (non-hydrogen) atoms. The SMILES string of the molecule is COc1ccccc1N1CCN(C(=O)Cn2cnc3scc(-c4ccccc4)c3c2=O)CC1. The Morgan fingerprint density at radius 2 is 1.76 bits per heavy atom. The maximum absolute atomic E-state index is 13.2. The highest BCUT2D eigenvalue weighted by molar-refractivity contribution is 7.17. The number of nitrogens with zero attached hydrogens (tertiary/aromatic N) is 4. The lowest BCUT2D eigenvalue weighted by Gasteiger charge is -2.36. The minimum absolute atomic E-state index is 0.0134. The van der Waals surface area contributed by atoms with E-state index in [1.54, 1.807) is 7.11 Å². The zero-order chi connectivity index (χ0) is 22.8. The van der Waals surface area contributed by atoms with Crippen LogP contribution in [0.2, 0.25) is 0 Å². The van der Waals surface area contributed by atoms with E-state index >= 15 is 0 Å². The molecule has 0 N–H and O–H groups in total. The van der Waals surface area contributed by atoms with Gasteiger partial charge >= 0.3 is 0 Å². The number of benzene rings is 2. The standard InChI is InChI=1S/C25H24N4O3S/c1-32-21-10-6-5-9-20(21)27-11-13-28(14-12-27)22(30)15-29-17-26-24-23(25(29)31)19(16-33-24)18-7-3-2-4-8-18/h2-10,16-17H,11-15H2,1H3. The van der Waals surface area contributed by atoms with Gasteiger partial charge in [-0.1, -0.05) is 42.5 Å². The number of carbonyl (C=O) groups excluding carboxylic acids is 1. The molecular weight excluding hydrogens is 436 g/mol. The molecular formula is C25H24N4O3S. The Morgan fingerprint density at radius 1 is 1.03 bits per heavy atom. The van der Waals surface area contributed by atoms with Gasteiger partial charge in [-0.25, -0.2) is 4.98 Å². The van der Waals surface area contributed by atoms with Gasteiger partial charge in [0.05, 0.1) is 24.5 Å². The van der Waals surface area contributed by atoms with Gasteiger partial charge in [-0.05, 0) is 17.7 Å². The van der Waals surface area contributed by atoms with Crippen LogP contribution >= 0.6 is 11.3 Å². The third-order valence-corrected chi connectivity index (χ3v) is 6.90. The summed E-state index contributed by atoms with van der Waals surface area (Å²) in [6.07, 6.45) is 1.49. The van der Waals surface area contributed by atoms with Crippen LogP contribution in [-0.4, -0.2) is 53.6 Å². The van der Waals surface area contributed by atoms with Gasteiger partial charge in [-0.15, -0.1) is 11.3 Å². The summed E-state index contributed by atoms with van der Waals surface area (Å²) in [5.74, 6) is 0.752. The Labute approximate surface area is 195 Å². The summed E-state index contributed by atoms with van der Waals surface area (Å²) in [5, 5.41) is 2.53. The van der Waals surface area contributed by atoms with Crippen LogP contribution in [0, 0.1) is 0 Å². The summed E-state index contributed by atoms with van der Waals surface area (Å²) in [5.41, 5.74) is 2.68. The highest BCUT2D eigenvalue weighted by Crippen LogP contribution is 2.30. The largest absolute Gasteiger partial charge is 0.495 e. The fourth-order valence-corrected chi connectivity index (χ4v) is 5.15. The van der Waals surface area contributed by atoms with Crippen LogP contribution in [0.25, 0.3) is 21.3 Å². The van der Waals surface area contributed by atoms with Crippen molar-refractivity contribution in [3.8, 4) is 16.9 Å². The maximum Gasteiger partial charge on any atom is 0.263 e. The molecule has 8 heteroatoms. The van der Waals surface area contributed by atoms with E-state index < -0.39 is 0 Å². The number of aromatic nitrogens is 2. The van der Waals surface area contributed by atoms with Gasteiger partial charge in [0.2, 0.25) is 5.91 Å². The van der Waals surface area contributed by atoms with Crippen LogP contribution < -0.4 is 15.2 Å². The molecule has 7 nitrogen and oxygen atoms in total. The van der Waals surface area contributed by atoms with Gasteiger partial charge in [-0.2, -0.15) is 0 Å². The van der Waals surface area contributed by atoms with Crippen LogP contribution in [0.4, 0.5) is 5.69 Å². The van der Waals surface area contributed by atoms with Crippen LogP contribution in [0.5, 0.6) is 5.75 Å². The maximum atomic E-state index is 13.2. The Kier molecular flexibility index (Phi) is 5.83. The number of methoxy groups -OCH3 is 1. The number of rotatable bonds is 5. The molecule has 1 saturated heterocycles. The lowest BCUT2D eigenvalue weighted by molar-refractivity contribution is -0.132. The highest BCUT2D eigenvalue weighted by Gasteiger charge is 2.24. The molecule has 2 aromatic heterocycles. The molecule has 4 aromatic rings. The number of carbonyl (C=O) groups is 1. The predicted octanol–water partition coefficient (Wildman–Crippen LogP) is 3.48. The number of hydrogen-bond acceptors (Lipinski definition) is 6. The van der Waals surface area contributed by atoms with E-state index in [9.17, 15) is 9.59 Å². The van der Waals surface area contributed by atoms with Gasteiger partial charge < -0.3 is 14.5 Å². The predicted molar refractivity (Wildman–Crippen MR) is 131 cm³/mol. The third-order valence-electron chi connectivity index (χ3n) is 6.01. The van der Waals surface area contributed by atoms with Crippen molar-refractivity contribution in [3.05, 3.63) is 76.7 Å². The monoisotopic (exact) mass is 460 g/mol. The summed E-state index contributed by atoms with van der Waals surface area (Å²) >= 11 is 1.44. The van der Waals surface area contributed by atoms with Crippen LogP contribution in [0.1, 0.15) is 0 Å². The third kappa shape index (κ3) is 4.09. The van der Waals surface area contributed by atoms with Crippen molar-refractivity contribution in [2.75, 3.05) is 38.2 Å². The van der Waals surface area contributed by atoms with E-state index in [0.29, 0.717) is 36.4 Å². The minimum atomic E-state index is -0.180. The smallest absolute Gasteiger partial charge is 0.263 e. The first kappa shape index (κ1) is 21.2. The number of piperazine rings is 1. The summed E-state index contributed by atoms with van der Waals surface area (Å²) in [4.78, 5) is 35.4. The Morgan fingerprint density at radius 3 is 2.52 bits per heavy atom. The molecule has 0 aliphatic carbocycles. The number of amides is 1. The van der Waals surface area contributed by atoms with Gasteiger partial charge in [0, 0.05) is 37.1 Å². The average Bonchev–Trinajstić information content (AvgIpc) is 3.31. The number of ether oxygens (including phenoxy) is 1. The first-order valence-corrected chi connectivity index (χ1v) is 11.7.